The van der Waals surface area contributed by atoms with Gasteiger partial charge in [-0.2, -0.15) is 0 Å². The van der Waals surface area contributed by atoms with Gasteiger partial charge in [0.05, 0.1) is 29.3 Å². The number of Topliss-reactive ketones (excluding diaryl/α,β-unsaturated/α-hetero) is 1. The van der Waals surface area contributed by atoms with E-state index in [1.165, 1.54) is 12.0 Å². The van der Waals surface area contributed by atoms with Crippen LogP contribution in [0.15, 0.2) is 35.9 Å². The fourth-order valence-electron chi connectivity index (χ4n) is 4.27. The van der Waals surface area contributed by atoms with Crippen LogP contribution in [0.5, 0.6) is 17.2 Å². The van der Waals surface area contributed by atoms with Crippen LogP contribution in [0.4, 0.5) is 0 Å². The van der Waals surface area contributed by atoms with Crippen LogP contribution >= 0.6 is 11.6 Å². The van der Waals surface area contributed by atoms with Gasteiger partial charge < -0.3 is 24.2 Å². The van der Waals surface area contributed by atoms with E-state index >= 15 is 0 Å². The van der Waals surface area contributed by atoms with Crippen LogP contribution in [-0.2, 0) is 9.59 Å². The highest BCUT2D eigenvalue weighted by atomic mass is 35.5. The number of carbonyl (C=O) groups excluding carboxylic acids is 2. The lowest BCUT2D eigenvalue weighted by molar-refractivity contribution is -0.139. The summed E-state index contributed by atoms with van der Waals surface area (Å²) in [5.74, 6) is -0.348. The van der Waals surface area contributed by atoms with E-state index in [9.17, 15) is 14.7 Å². The second kappa shape index (κ2) is 9.35. The number of methoxy groups -OCH3 is 1. The Balaban J connectivity index is 1.92. The molecule has 8 heteroatoms. The van der Waals surface area contributed by atoms with Crippen molar-refractivity contribution in [1.82, 2.24) is 4.90 Å². The van der Waals surface area contributed by atoms with Crippen LogP contribution in [-0.4, -0.2) is 48.6 Å². The average molecular weight is 472 g/mol. The number of unbranched alkanes of at least 4 members (excludes halogenated alkanes) is 1. The zero-order valence-corrected chi connectivity index (χ0v) is 19.6. The average Bonchev–Trinajstić information content (AvgIpc) is 3.06. The molecule has 2 aromatic rings. The predicted molar refractivity (Wildman–Crippen MR) is 124 cm³/mol. The fraction of sp³-hybridized carbons (Fsp3) is 0.360. The third-order valence-corrected chi connectivity index (χ3v) is 6.10. The minimum atomic E-state index is -0.781. The van der Waals surface area contributed by atoms with Crippen molar-refractivity contribution in [3.05, 3.63) is 57.6 Å². The highest BCUT2D eigenvalue weighted by molar-refractivity contribution is 6.46. The van der Waals surface area contributed by atoms with E-state index in [-0.39, 0.29) is 22.6 Å². The molecule has 0 spiro atoms. The van der Waals surface area contributed by atoms with Crippen LogP contribution < -0.4 is 14.2 Å². The number of aliphatic hydroxyl groups excluding tert-OH is 1. The molecule has 1 unspecified atom stereocenters. The highest BCUT2D eigenvalue weighted by Crippen LogP contribution is 2.44. The lowest BCUT2D eigenvalue weighted by Gasteiger charge is -2.27. The Hall–Kier alpha value is -3.19. The summed E-state index contributed by atoms with van der Waals surface area (Å²) in [7, 11) is 1.44. The molecule has 1 fully saturated rings. The molecule has 2 aliphatic rings. The van der Waals surface area contributed by atoms with E-state index in [1.807, 2.05) is 13.8 Å². The number of aryl methyl sites for hydroxylation is 1. The lowest BCUT2D eigenvalue weighted by atomic mass is 9.94. The zero-order valence-electron chi connectivity index (χ0n) is 18.8. The number of carbonyl (C=O) groups is 2. The quantitative estimate of drug-likeness (QED) is 0.375. The molecular weight excluding hydrogens is 446 g/mol. The molecule has 174 valence electrons. The predicted octanol–water partition coefficient (Wildman–Crippen LogP) is 4.65. The van der Waals surface area contributed by atoms with E-state index < -0.39 is 17.7 Å². The van der Waals surface area contributed by atoms with E-state index in [0.29, 0.717) is 48.3 Å². The lowest BCUT2D eigenvalue weighted by Crippen LogP contribution is -2.30. The molecule has 2 aromatic carbocycles. The molecule has 1 saturated heterocycles. The Kier molecular flexibility index (Phi) is 6.51. The minimum Gasteiger partial charge on any atom is -0.507 e. The number of amides is 1. The summed E-state index contributed by atoms with van der Waals surface area (Å²) in [5, 5.41) is 11.7. The Bertz CT molecular complexity index is 1140. The topological polar surface area (TPSA) is 85.3 Å². The summed E-state index contributed by atoms with van der Waals surface area (Å²) in [4.78, 5) is 27.7. The van der Waals surface area contributed by atoms with Gasteiger partial charge in [0, 0.05) is 6.54 Å². The highest BCUT2D eigenvalue weighted by Gasteiger charge is 2.46. The van der Waals surface area contributed by atoms with E-state index in [1.54, 1.807) is 30.3 Å². The summed E-state index contributed by atoms with van der Waals surface area (Å²) in [6.45, 7) is 5.07. The maximum absolute atomic E-state index is 13.2. The smallest absolute Gasteiger partial charge is 0.295 e. The number of hydrogen-bond donors (Lipinski definition) is 1. The van der Waals surface area contributed by atoms with Gasteiger partial charge >= 0.3 is 0 Å². The molecular formula is C25H26ClNO6. The molecule has 33 heavy (non-hydrogen) atoms. The fourth-order valence-corrected chi connectivity index (χ4v) is 4.62. The number of nitrogens with zero attached hydrogens (tertiary/aromatic N) is 1. The van der Waals surface area contributed by atoms with E-state index in [4.69, 9.17) is 25.8 Å². The summed E-state index contributed by atoms with van der Waals surface area (Å²) < 4.78 is 16.7. The number of rotatable bonds is 6. The van der Waals surface area contributed by atoms with Crippen molar-refractivity contribution in [3.63, 3.8) is 0 Å². The molecule has 2 heterocycles. The van der Waals surface area contributed by atoms with Crippen molar-refractivity contribution in [1.29, 1.82) is 0 Å². The number of ether oxygens (including phenoxy) is 3. The van der Waals surface area contributed by atoms with Crippen molar-refractivity contribution in [2.24, 2.45) is 0 Å². The molecule has 1 atom stereocenters. The second-order valence-corrected chi connectivity index (χ2v) is 8.48. The van der Waals surface area contributed by atoms with Crippen molar-refractivity contribution in [3.8, 4) is 17.2 Å². The Morgan fingerprint density at radius 2 is 1.91 bits per heavy atom. The van der Waals surface area contributed by atoms with Crippen LogP contribution in [0, 0.1) is 6.92 Å². The molecule has 0 aliphatic carbocycles. The zero-order chi connectivity index (χ0) is 23.7. The molecule has 4 rings (SSSR count). The molecule has 0 radical (unpaired) electrons. The minimum absolute atomic E-state index is 0.00672. The van der Waals surface area contributed by atoms with Gasteiger partial charge in [0.1, 0.15) is 24.7 Å². The first-order valence-corrected chi connectivity index (χ1v) is 11.3. The number of ketones is 1. The second-order valence-electron chi connectivity index (χ2n) is 8.08. The maximum Gasteiger partial charge on any atom is 0.295 e. The number of fused-ring (bicyclic) bond motifs is 1. The molecule has 0 saturated carbocycles. The number of hydrogen-bond acceptors (Lipinski definition) is 6. The van der Waals surface area contributed by atoms with Gasteiger partial charge in [-0.15, -0.1) is 0 Å². The van der Waals surface area contributed by atoms with Crippen LogP contribution in [0.25, 0.3) is 5.76 Å². The Morgan fingerprint density at radius 1 is 1.18 bits per heavy atom. The number of halogens is 1. The van der Waals surface area contributed by atoms with Gasteiger partial charge in [0.2, 0.25) is 0 Å². The summed E-state index contributed by atoms with van der Waals surface area (Å²) in [5.41, 5.74) is 1.68. The monoisotopic (exact) mass is 471 g/mol. The van der Waals surface area contributed by atoms with Gasteiger partial charge in [-0.05, 0) is 48.7 Å². The van der Waals surface area contributed by atoms with Crippen molar-refractivity contribution in [2.45, 2.75) is 32.7 Å². The summed E-state index contributed by atoms with van der Waals surface area (Å²) in [6.07, 6.45) is 1.56. The van der Waals surface area contributed by atoms with Crippen molar-refractivity contribution >= 4 is 29.1 Å². The number of likely N-dealkylation sites (tertiary alicyclic amines) is 1. The first-order chi connectivity index (χ1) is 15.9. The van der Waals surface area contributed by atoms with Gasteiger partial charge in [-0.25, -0.2) is 0 Å². The molecule has 1 amide bonds. The van der Waals surface area contributed by atoms with E-state index in [0.717, 1.165) is 12.0 Å². The Morgan fingerprint density at radius 3 is 2.61 bits per heavy atom. The van der Waals surface area contributed by atoms with Gasteiger partial charge in [0.15, 0.2) is 11.5 Å². The first kappa shape index (κ1) is 23.0. The van der Waals surface area contributed by atoms with Crippen molar-refractivity contribution < 1.29 is 28.9 Å². The third-order valence-electron chi connectivity index (χ3n) is 5.82. The number of aliphatic hydroxyl groups is 1. The molecule has 7 nitrogen and oxygen atoms in total. The van der Waals surface area contributed by atoms with Gasteiger partial charge in [-0.1, -0.05) is 31.0 Å². The molecule has 0 aromatic heterocycles. The number of benzene rings is 2. The van der Waals surface area contributed by atoms with Crippen molar-refractivity contribution in [2.75, 3.05) is 26.9 Å². The molecule has 2 aliphatic heterocycles. The Labute approximate surface area is 197 Å². The summed E-state index contributed by atoms with van der Waals surface area (Å²) >= 11 is 6.33. The SMILES string of the molecule is CCCCN1C(=O)C(=O)/C(=C(/O)c2cc(C)cc(Cl)c2OC)C1c1ccc2c(c1)OCCO2. The molecule has 0 bridgehead atoms. The largest absolute Gasteiger partial charge is 0.507 e. The van der Waals surface area contributed by atoms with Crippen LogP contribution in [0.1, 0.15) is 42.5 Å². The summed E-state index contributed by atoms with van der Waals surface area (Å²) in [6, 6.07) is 7.91. The maximum atomic E-state index is 13.2. The van der Waals surface area contributed by atoms with Crippen LogP contribution in [0.2, 0.25) is 5.02 Å². The third kappa shape index (κ3) is 4.13. The van der Waals surface area contributed by atoms with Gasteiger partial charge in [-0.3, -0.25) is 9.59 Å². The standard InChI is InChI=1S/C25H26ClNO6/c1-4-5-8-27-21(15-6-7-18-19(13-15)33-10-9-32-18)20(23(29)25(27)30)22(28)16-11-14(2)12-17(26)24(16)31-3/h6-7,11-13,21,28H,4-5,8-10H2,1-3H3/b22-20+. The van der Waals surface area contributed by atoms with Crippen LogP contribution in [0.3, 0.4) is 0 Å². The van der Waals surface area contributed by atoms with Gasteiger partial charge in [0.25, 0.3) is 11.7 Å². The van der Waals surface area contributed by atoms with E-state index in [2.05, 4.69) is 0 Å². The molecule has 1 N–H and O–H groups in total. The normalized spacial score (nSPS) is 19.2. The first-order valence-electron chi connectivity index (χ1n) is 10.9.